The molecule has 0 aliphatic carbocycles. The summed E-state index contributed by atoms with van der Waals surface area (Å²) in [4.78, 5) is 29.4. The maximum atomic E-state index is 12.9. The van der Waals surface area contributed by atoms with Crippen molar-refractivity contribution in [3.05, 3.63) is 52.2 Å². The molecule has 144 valence electrons. The highest BCUT2D eigenvalue weighted by atomic mass is 32.1. The fourth-order valence-electron chi connectivity index (χ4n) is 3.82. The van der Waals surface area contributed by atoms with Gasteiger partial charge in [-0.15, -0.1) is 11.3 Å². The molecule has 1 aromatic heterocycles. The predicted octanol–water partition coefficient (Wildman–Crippen LogP) is 2.26. The third kappa shape index (κ3) is 4.76. The molecule has 2 aromatic rings. The van der Waals surface area contributed by atoms with Gasteiger partial charge in [-0.25, -0.2) is 0 Å². The number of quaternary nitrogens is 1. The first kappa shape index (κ1) is 19.6. The van der Waals surface area contributed by atoms with Gasteiger partial charge in [0, 0.05) is 25.6 Å². The first-order chi connectivity index (χ1) is 13.0. The summed E-state index contributed by atoms with van der Waals surface area (Å²) in [7, 11) is 1.71. The van der Waals surface area contributed by atoms with Crippen LogP contribution in [0.3, 0.4) is 0 Å². The molecule has 3 rings (SSSR count). The predicted molar refractivity (Wildman–Crippen MR) is 109 cm³/mol. The van der Waals surface area contributed by atoms with Crippen molar-refractivity contribution >= 4 is 28.8 Å². The minimum Gasteiger partial charge on any atom is -0.331 e. The average molecular weight is 387 g/mol. The van der Waals surface area contributed by atoms with Crippen LogP contribution in [-0.4, -0.2) is 42.9 Å². The van der Waals surface area contributed by atoms with Crippen LogP contribution in [0.15, 0.2) is 41.8 Å². The highest BCUT2D eigenvalue weighted by Crippen LogP contribution is 2.24. The number of hydrogen-bond acceptors (Lipinski definition) is 3. The number of amides is 2. The van der Waals surface area contributed by atoms with E-state index in [4.69, 9.17) is 0 Å². The quantitative estimate of drug-likeness (QED) is 0.800. The SMILES string of the molecule is Cc1ccc(NC(=O)CN(C)C(=O)[C@@H](C)[NH+]2CCC[C@@H]2c2cccs2)cc1. The zero-order valence-electron chi connectivity index (χ0n) is 16.2. The van der Waals surface area contributed by atoms with Gasteiger partial charge in [0.05, 0.1) is 18.0 Å². The van der Waals surface area contributed by atoms with E-state index in [0.29, 0.717) is 6.04 Å². The van der Waals surface area contributed by atoms with E-state index in [1.165, 1.54) is 9.78 Å². The number of nitrogens with one attached hydrogen (secondary N) is 2. The van der Waals surface area contributed by atoms with Crippen LogP contribution in [0, 0.1) is 6.92 Å². The van der Waals surface area contributed by atoms with Crippen LogP contribution >= 0.6 is 11.3 Å². The zero-order valence-corrected chi connectivity index (χ0v) is 17.0. The molecule has 1 aromatic carbocycles. The molecule has 5 nitrogen and oxygen atoms in total. The number of anilines is 1. The minimum atomic E-state index is -0.173. The number of aryl methyl sites for hydroxylation is 1. The van der Waals surface area contributed by atoms with Crippen molar-refractivity contribution in [1.82, 2.24) is 4.90 Å². The molecular weight excluding hydrogens is 358 g/mol. The Bertz CT molecular complexity index is 773. The van der Waals surface area contributed by atoms with Crippen LogP contribution in [0.4, 0.5) is 5.69 Å². The van der Waals surface area contributed by atoms with E-state index in [1.807, 2.05) is 38.1 Å². The number of hydrogen-bond donors (Lipinski definition) is 2. The van der Waals surface area contributed by atoms with E-state index in [-0.39, 0.29) is 24.4 Å². The van der Waals surface area contributed by atoms with Gasteiger partial charge in [0.25, 0.3) is 5.91 Å². The maximum Gasteiger partial charge on any atom is 0.280 e. The summed E-state index contributed by atoms with van der Waals surface area (Å²) in [6.07, 6.45) is 2.25. The molecule has 0 spiro atoms. The Kier molecular flexibility index (Phi) is 6.29. The van der Waals surface area contributed by atoms with Gasteiger partial charge in [-0.3, -0.25) is 9.59 Å². The van der Waals surface area contributed by atoms with Gasteiger partial charge < -0.3 is 15.1 Å². The van der Waals surface area contributed by atoms with Crippen LogP contribution < -0.4 is 10.2 Å². The van der Waals surface area contributed by atoms with Crippen molar-refractivity contribution in [3.63, 3.8) is 0 Å². The lowest BCUT2D eigenvalue weighted by Gasteiger charge is -2.29. The largest absolute Gasteiger partial charge is 0.331 e. The molecule has 3 atom stereocenters. The van der Waals surface area contributed by atoms with Crippen molar-refractivity contribution in [2.24, 2.45) is 0 Å². The second kappa shape index (κ2) is 8.67. The van der Waals surface area contributed by atoms with E-state index in [1.54, 1.807) is 23.3 Å². The van der Waals surface area contributed by atoms with Gasteiger partial charge in [-0.05, 0) is 37.4 Å². The summed E-state index contributed by atoms with van der Waals surface area (Å²) in [5, 5.41) is 4.95. The average Bonchev–Trinajstić information content (AvgIpc) is 3.33. The number of carbonyl (C=O) groups is 2. The summed E-state index contributed by atoms with van der Waals surface area (Å²) < 4.78 is 0. The second-order valence-electron chi connectivity index (χ2n) is 7.37. The van der Waals surface area contributed by atoms with Crippen molar-refractivity contribution in [1.29, 1.82) is 0 Å². The number of likely N-dealkylation sites (tertiary alicyclic amines) is 1. The Morgan fingerprint density at radius 3 is 2.70 bits per heavy atom. The van der Waals surface area contributed by atoms with Gasteiger partial charge in [0.2, 0.25) is 5.91 Å². The number of benzene rings is 1. The van der Waals surface area contributed by atoms with Crippen LogP contribution in [0.1, 0.15) is 36.2 Å². The lowest BCUT2D eigenvalue weighted by Crippen LogP contribution is -3.15. The van der Waals surface area contributed by atoms with Crippen molar-refractivity contribution in [3.8, 4) is 0 Å². The molecule has 2 amide bonds. The Morgan fingerprint density at radius 2 is 2.04 bits per heavy atom. The molecule has 1 aliphatic rings. The molecule has 1 aliphatic heterocycles. The van der Waals surface area contributed by atoms with Crippen molar-refractivity contribution in [2.45, 2.75) is 38.8 Å². The monoisotopic (exact) mass is 386 g/mol. The topological polar surface area (TPSA) is 53.9 Å². The number of rotatable bonds is 6. The Labute approximate surface area is 165 Å². The van der Waals surface area contributed by atoms with Gasteiger partial charge >= 0.3 is 0 Å². The first-order valence-electron chi connectivity index (χ1n) is 9.46. The molecule has 1 saturated heterocycles. The summed E-state index contributed by atoms with van der Waals surface area (Å²) in [5.41, 5.74) is 1.89. The molecule has 6 heteroatoms. The normalized spacial score (nSPS) is 20.3. The molecule has 2 N–H and O–H groups in total. The summed E-state index contributed by atoms with van der Waals surface area (Å²) >= 11 is 1.76. The van der Waals surface area contributed by atoms with E-state index in [2.05, 4.69) is 22.8 Å². The fourth-order valence-corrected chi connectivity index (χ4v) is 4.73. The molecule has 1 fully saturated rings. The van der Waals surface area contributed by atoms with Crippen LogP contribution in [0.5, 0.6) is 0 Å². The Hall–Kier alpha value is -2.18. The van der Waals surface area contributed by atoms with Crippen molar-refractivity contribution < 1.29 is 14.5 Å². The van der Waals surface area contributed by atoms with Crippen LogP contribution in [0.2, 0.25) is 0 Å². The molecule has 2 heterocycles. The number of thiophene rings is 1. The second-order valence-corrected chi connectivity index (χ2v) is 8.34. The summed E-state index contributed by atoms with van der Waals surface area (Å²) in [5.74, 6) is -0.152. The third-order valence-electron chi connectivity index (χ3n) is 5.31. The lowest BCUT2D eigenvalue weighted by molar-refractivity contribution is -0.932. The molecule has 0 radical (unpaired) electrons. The number of nitrogens with zero attached hydrogens (tertiary/aromatic N) is 1. The number of carbonyl (C=O) groups excluding carboxylic acids is 2. The lowest BCUT2D eigenvalue weighted by atomic mass is 10.1. The van der Waals surface area contributed by atoms with E-state index in [0.717, 1.165) is 30.6 Å². The fraction of sp³-hybridized carbons (Fsp3) is 0.429. The highest BCUT2D eigenvalue weighted by Gasteiger charge is 2.38. The number of likely N-dealkylation sites (N-methyl/N-ethyl adjacent to an activating group) is 1. The smallest absolute Gasteiger partial charge is 0.280 e. The van der Waals surface area contributed by atoms with Crippen LogP contribution in [0.25, 0.3) is 0 Å². The minimum absolute atomic E-state index is 0.0208. The Morgan fingerprint density at radius 1 is 1.30 bits per heavy atom. The Balaban J connectivity index is 1.57. The van der Waals surface area contributed by atoms with E-state index >= 15 is 0 Å². The molecule has 0 saturated carbocycles. The zero-order chi connectivity index (χ0) is 19.4. The third-order valence-corrected chi connectivity index (χ3v) is 6.30. The highest BCUT2D eigenvalue weighted by molar-refractivity contribution is 7.10. The molecule has 1 unspecified atom stereocenters. The van der Waals surface area contributed by atoms with Crippen LogP contribution in [-0.2, 0) is 9.59 Å². The molecule has 27 heavy (non-hydrogen) atoms. The summed E-state index contributed by atoms with van der Waals surface area (Å²) in [6.45, 7) is 5.05. The first-order valence-corrected chi connectivity index (χ1v) is 10.3. The van der Waals surface area contributed by atoms with Crippen molar-refractivity contribution in [2.75, 3.05) is 25.5 Å². The molecular formula is C21H28N3O2S+. The van der Waals surface area contributed by atoms with E-state index in [9.17, 15) is 9.59 Å². The van der Waals surface area contributed by atoms with Gasteiger partial charge in [-0.1, -0.05) is 23.8 Å². The van der Waals surface area contributed by atoms with Gasteiger partial charge in [-0.2, -0.15) is 0 Å². The van der Waals surface area contributed by atoms with E-state index < -0.39 is 0 Å². The van der Waals surface area contributed by atoms with Gasteiger partial charge in [0.1, 0.15) is 6.04 Å². The van der Waals surface area contributed by atoms with Gasteiger partial charge in [0.15, 0.2) is 6.04 Å². The summed E-state index contributed by atoms with van der Waals surface area (Å²) in [6, 6.07) is 12.1. The maximum absolute atomic E-state index is 12.9. The standard InChI is InChI=1S/C21H27N3O2S/c1-15-8-10-17(11-9-15)22-20(25)14-23(3)21(26)16(2)24-12-4-6-18(24)19-7-5-13-27-19/h5,7-11,13,16,18H,4,6,12,14H2,1-3H3,(H,22,25)/p+1/t16-,18-/m1/s1. The molecule has 0 bridgehead atoms.